The lowest BCUT2D eigenvalue weighted by Gasteiger charge is -1.97. The maximum atomic E-state index is 5.32. The van der Waals surface area contributed by atoms with E-state index < -0.39 is 0 Å². The van der Waals surface area contributed by atoms with E-state index in [0.29, 0.717) is 5.95 Å². The van der Waals surface area contributed by atoms with Crippen LogP contribution in [0.4, 0.5) is 5.95 Å². The van der Waals surface area contributed by atoms with E-state index in [-0.39, 0.29) is 0 Å². The Morgan fingerprint density at radius 2 is 2.55 bits per heavy atom. The summed E-state index contributed by atoms with van der Waals surface area (Å²) in [5, 5.41) is 3.92. The molecule has 1 rings (SSSR count). The molecule has 0 unspecified atom stereocenters. The minimum Gasteiger partial charge on any atom is -0.367 e. The lowest BCUT2D eigenvalue weighted by Crippen LogP contribution is -1.99. The number of hydrogen-bond donors (Lipinski definition) is 1. The third kappa shape index (κ3) is 2.41. The van der Waals surface area contributed by atoms with Crippen molar-refractivity contribution in [3.05, 3.63) is 18.5 Å². The van der Waals surface area contributed by atoms with E-state index in [1.54, 1.807) is 11.0 Å². The summed E-state index contributed by atoms with van der Waals surface area (Å²) in [5.74, 6) is 0.326. The molecular weight excluding hydrogens is 140 g/mol. The van der Waals surface area contributed by atoms with E-state index in [4.69, 9.17) is 5.73 Å². The van der Waals surface area contributed by atoms with Crippen molar-refractivity contribution in [3.63, 3.8) is 0 Å². The molecule has 0 bridgehead atoms. The standard InChI is InChI=1S/C7H12N4/c1-6(2)3-4-11-5-9-7(8)10-11/h5H,1,3-4H2,2H3,(H2,8,10). The second kappa shape index (κ2) is 3.18. The van der Waals surface area contributed by atoms with Crippen LogP contribution in [0.5, 0.6) is 0 Å². The Bertz CT molecular complexity index is 251. The Hall–Kier alpha value is -1.32. The zero-order valence-electron chi connectivity index (χ0n) is 6.62. The fourth-order valence-electron chi connectivity index (χ4n) is 0.722. The zero-order valence-corrected chi connectivity index (χ0v) is 6.62. The molecule has 0 aliphatic carbocycles. The summed E-state index contributed by atoms with van der Waals surface area (Å²) in [6.45, 7) is 6.58. The summed E-state index contributed by atoms with van der Waals surface area (Å²) < 4.78 is 1.71. The van der Waals surface area contributed by atoms with Crippen LogP contribution in [0.2, 0.25) is 0 Å². The molecular formula is C7H12N4. The van der Waals surface area contributed by atoms with Gasteiger partial charge >= 0.3 is 0 Å². The molecule has 0 radical (unpaired) electrons. The van der Waals surface area contributed by atoms with Gasteiger partial charge in [0.25, 0.3) is 0 Å². The van der Waals surface area contributed by atoms with Crippen molar-refractivity contribution in [2.24, 2.45) is 0 Å². The van der Waals surface area contributed by atoms with Gasteiger partial charge in [-0.3, -0.25) is 4.68 Å². The smallest absolute Gasteiger partial charge is 0.239 e. The van der Waals surface area contributed by atoms with Gasteiger partial charge in [0.1, 0.15) is 6.33 Å². The van der Waals surface area contributed by atoms with Crippen LogP contribution in [0.15, 0.2) is 18.5 Å². The normalized spacial score (nSPS) is 9.91. The molecule has 0 aromatic carbocycles. The Morgan fingerprint density at radius 1 is 1.82 bits per heavy atom. The Labute approximate surface area is 65.7 Å². The van der Waals surface area contributed by atoms with Crippen molar-refractivity contribution in [2.75, 3.05) is 5.73 Å². The summed E-state index contributed by atoms with van der Waals surface area (Å²) in [4.78, 5) is 3.79. The van der Waals surface area contributed by atoms with Gasteiger partial charge in [-0.05, 0) is 13.3 Å². The molecule has 0 aliphatic heterocycles. The Morgan fingerprint density at radius 3 is 3.00 bits per heavy atom. The van der Waals surface area contributed by atoms with Gasteiger partial charge < -0.3 is 5.73 Å². The number of allylic oxidation sites excluding steroid dienone is 1. The fourth-order valence-corrected chi connectivity index (χ4v) is 0.722. The number of nitrogens with two attached hydrogens (primary N) is 1. The summed E-state index contributed by atoms with van der Waals surface area (Å²) in [7, 11) is 0. The fraction of sp³-hybridized carbons (Fsp3) is 0.429. The van der Waals surface area contributed by atoms with Crippen LogP contribution < -0.4 is 5.73 Å². The molecule has 0 atom stereocenters. The monoisotopic (exact) mass is 152 g/mol. The van der Waals surface area contributed by atoms with E-state index in [2.05, 4.69) is 16.7 Å². The SMILES string of the molecule is C=C(C)CCn1cnc(N)n1. The third-order valence-corrected chi connectivity index (χ3v) is 1.32. The van der Waals surface area contributed by atoms with Crippen molar-refractivity contribution in [1.29, 1.82) is 0 Å². The maximum absolute atomic E-state index is 5.32. The highest BCUT2D eigenvalue weighted by Crippen LogP contribution is 1.98. The van der Waals surface area contributed by atoms with Crippen LogP contribution in [0, 0.1) is 0 Å². The van der Waals surface area contributed by atoms with Gasteiger partial charge in [0, 0.05) is 6.54 Å². The number of rotatable bonds is 3. The molecule has 4 heteroatoms. The van der Waals surface area contributed by atoms with Crippen LogP contribution in [-0.2, 0) is 6.54 Å². The predicted octanol–water partition coefficient (Wildman–Crippen LogP) is 0.826. The first-order chi connectivity index (χ1) is 5.18. The summed E-state index contributed by atoms with van der Waals surface area (Å²) >= 11 is 0. The van der Waals surface area contributed by atoms with Gasteiger partial charge in [-0.15, -0.1) is 11.7 Å². The third-order valence-electron chi connectivity index (χ3n) is 1.32. The van der Waals surface area contributed by atoms with Crippen LogP contribution in [-0.4, -0.2) is 14.8 Å². The molecule has 0 spiro atoms. The van der Waals surface area contributed by atoms with Crippen molar-refractivity contribution >= 4 is 5.95 Å². The first-order valence-corrected chi connectivity index (χ1v) is 3.48. The largest absolute Gasteiger partial charge is 0.367 e. The van der Waals surface area contributed by atoms with Crippen LogP contribution >= 0.6 is 0 Å². The summed E-state index contributed by atoms with van der Waals surface area (Å²) in [6, 6.07) is 0. The van der Waals surface area contributed by atoms with Crippen LogP contribution in [0.3, 0.4) is 0 Å². The average molecular weight is 152 g/mol. The molecule has 1 heterocycles. The molecule has 0 amide bonds. The lowest BCUT2D eigenvalue weighted by atomic mass is 10.2. The van der Waals surface area contributed by atoms with Crippen molar-refractivity contribution in [2.45, 2.75) is 19.9 Å². The number of nitrogen functional groups attached to an aromatic ring is 1. The van der Waals surface area contributed by atoms with Crippen molar-refractivity contribution in [1.82, 2.24) is 14.8 Å². The topological polar surface area (TPSA) is 56.7 Å². The van der Waals surface area contributed by atoms with E-state index in [0.717, 1.165) is 18.5 Å². The van der Waals surface area contributed by atoms with E-state index >= 15 is 0 Å². The molecule has 0 fully saturated rings. The van der Waals surface area contributed by atoms with Crippen molar-refractivity contribution < 1.29 is 0 Å². The van der Waals surface area contributed by atoms with E-state index in [1.165, 1.54) is 0 Å². The number of aryl methyl sites for hydroxylation is 1. The molecule has 0 saturated carbocycles. The molecule has 1 aromatic heterocycles. The minimum absolute atomic E-state index is 0.326. The van der Waals surface area contributed by atoms with Crippen LogP contribution in [0.25, 0.3) is 0 Å². The predicted molar refractivity (Wildman–Crippen MR) is 43.9 cm³/mol. The zero-order chi connectivity index (χ0) is 8.27. The van der Waals surface area contributed by atoms with E-state index in [9.17, 15) is 0 Å². The first-order valence-electron chi connectivity index (χ1n) is 3.48. The Kier molecular flexibility index (Phi) is 2.25. The highest BCUT2D eigenvalue weighted by atomic mass is 15.3. The van der Waals surface area contributed by atoms with E-state index in [1.807, 2.05) is 6.92 Å². The molecule has 4 nitrogen and oxygen atoms in total. The molecule has 0 aliphatic rings. The Balaban J connectivity index is 2.45. The average Bonchev–Trinajstić information content (AvgIpc) is 2.31. The minimum atomic E-state index is 0.326. The summed E-state index contributed by atoms with van der Waals surface area (Å²) in [6.07, 6.45) is 2.54. The molecule has 2 N–H and O–H groups in total. The summed E-state index contributed by atoms with van der Waals surface area (Å²) in [5.41, 5.74) is 6.46. The van der Waals surface area contributed by atoms with Gasteiger partial charge in [0.15, 0.2) is 0 Å². The molecule has 1 aromatic rings. The highest BCUT2D eigenvalue weighted by Gasteiger charge is 1.94. The van der Waals surface area contributed by atoms with Gasteiger partial charge in [-0.25, -0.2) is 4.98 Å². The van der Waals surface area contributed by atoms with Crippen LogP contribution in [0.1, 0.15) is 13.3 Å². The number of nitrogens with zero attached hydrogens (tertiary/aromatic N) is 3. The molecule has 11 heavy (non-hydrogen) atoms. The van der Waals surface area contributed by atoms with Gasteiger partial charge in [-0.2, -0.15) is 0 Å². The van der Waals surface area contributed by atoms with Gasteiger partial charge in [0.2, 0.25) is 5.95 Å². The number of aromatic nitrogens is 3. The quantitative estimate of drug-likeness (QED) is 0.652. The second-order valence-electron chi connectivity index (χ2n) is 2.57. The highest BCUT2D eigenvalue weighted by molar-refractivity contribution is 5.09. The molecule has 0 saturated heterocycles. The first kappa shape index (κ1) is 7.78. The second-order valence-corrected chi connectivity index (χ2v) is 2.57. The number of anilines is 1. The maximum Gasteiger partial charge on any atom is 0.239 e. The van der Waals surface area contributed by atoms with Crippen molar-refractivity contribution in [3.8, 4) is 0 Å². The lowest BCUT2D eigenvalue weighted by molar-refractivity contribution is 0.613. The van der Waals surface area contributed by atoms with Gasteiger partial charge in [0.05, 0.1) is 0 Å². The van der Waals surface area contributed by atoms with Gasteiger partial charge in [-0.1, -0.05) is 5.57 Å². The molecule has 60 valence electrons. The number of hydrogen-bond acceptors (Lipinski definition) is 3.